The second-order valence-corrected chi connectivity index (χ2v) is 13.2. The van der Waals surface area contributed by atoms with Gasteiger partial charge in [-0.1, -0.05) is 164 Å². The van der Waals surface area contributed by atoms with Crippen molar-refractivity contribution in [3.8, 4) is 56.0 Å². The van der Waals surface area contributed by atoms with E-state index in [0.717, 1.165) is 61.8 Å². The van der Waals surface area contributed by atoms with E-state index in [1.54, 1.807) is 0 Å². The number of nitrogens with zero attached hydrogens (tertiary/aromatic N) is 1. The molecule has 0 amide bonds. The summed E-state index contributed by atoms with van der Waals surface area (Å²) >= 11 is 0. The predicted octanol–water partition coefficient (Wildman–Crippen LogP) is 14.2. The summed E-state index contributed by atoms with van der Waals surface area (Å²) in [5, 5.41) is 4.70. The minimum Gasteiger partial charge on any atom is -0.456 e. The van der Waals surface area contributed by atoms with Gasteiger partial charge in [0, 0.05) is 27.5 Å². The molecule has 0 spiro atoms. The molecule has 1 aliphatic heterocycles. The SMILES string of the molecule is c1ccc(-c2ccc(-c3ccccc3N(c3ccccc3-c3ccc4c5c(cccc35)-c3ccccc3O4)c3cccc4ccccc34)cc2)cc1. The van der Waals surface area contributed by atoms with Gasteiger partial charge in [0.1, 0.15) is 11.5 Å². The molecule has 52 heavy (non-hydrogen) atoms. The van der Waals surface area contributed by atoms with Gasteiger partial charge in [-0.3, -0.25) is 0 Å². The first kappa shape index (κ1) is 30.0. The number of rotatable bonds is 6. The zero-order valence-corrected chi connectivity index (χ0v) is 28.4. The first-order valence-corrected chi connectivity index (χ1v) is 17.8. The number of para-hydroxylation sites is 3. The molecule has 0 saturated heterocycles. The van der Waals surface area contributed by atoms with Gasteiger partial charge in [0.15, 0.2) is 0 Å². The summed E-state index contributed by atoms with van der Waals surface area (Å²) in [6, 6.07) is 71.7. The molecule has 2 nitrogen and oxygen atoms in total. The topological polar surface area (TPSA) is 12.5 Å². The molecule has 9 aromatic rings. The Labute approximate surface area is 303 Å². The highest BCUT2D eigenvalue weighted by Crippen LogP contribution is 2.51. The maximum Gasteiger partial charge on any atom is 0.135 e. The fourth-order valence-electron chi connectivity index (χ4n) is 7.89. The molecule has 0 atom stereocenters. The van der Waals surface area contributed by atoms with Crippen LogP contribution in [0, 0.1) is 0 Å². The quantitative estimate of drug-likeness (QED) is 0.176. The molecule has 2 heteroatoms. The van der Waals surface area contributed by atoms with E-state index in [0.29, 0.717) is 0 Å². The van der Waals surface area contributed by atoms with E-state index >= 15 is 0 Å². The molecule has 9 aromatic carbocycles. The highest BCUT2D eigenvalue weighted by Gasteiger charge is 2.25. The zero-order valence-electron chi connectivity index (χ0n) is 28.4. The molecule has 1 aliphatic rings. The van der Waals surface area contributed by atoms with Gasteiger partial charge in [0.2, 0.25) is 0 Å². The first-order valence-electron chi connectivity index (χ1n) is 17.8. The van der Waals surface area contributed by atoms with Crippen molar-refractivity contribution in [2.45, 2.75) is 0 Å². The minimum atomic E-state index is 0.890. The number of hydrogen-bond donors (Lipinski definition) is 0. The van der Waals surface area contributed by atoms with Gasteiger partial charge in [-0.15, -0.1) is 0 Å². The standard InChI is InChI=1S/C50H33NO/c1-2-14-34(15-3-1)35-28-30-37(31-29-35)39-19-6-9-24-45(39)51(46-26-12-17-36-16-4-5-18-38(36)46)47-25-10-7-20-41(47)40-32-33-49-50-43(40)22-13-23-44(50)42-21-8-11-27-48(42)52-49/h1-33H. The van der Waals surface area contributed by atoms with Crippen molar-refractivity contribution in [3.05, 3.63) is 200 Å². The Morgan fingerprint density at radius 1 is 0.288 bits per heavy atom. The van der Waals surface area contributed by atoms with Crippen molar-refractivity contribution in [1.82, 2.24) is 0 Å². The van der Waals surface area contributed by atoms with Crippen LogP contribution in [0.15, 0.2) is 200 Å². The van der Waals surface area contributed by atoms with Crippen molar-refractivity contribution >= 4 is 38.6 Å². The van der Waals surface area contributed by atoms with Gasteiger partial charge in [-0.05, 0) is 75.0 Å². The van der Waals surface area contributed by atoms with E-state index in [9.17, 15) is 0 Å². The molecule has 0 aromatic heterocycles. The Bertz CT molecular complexity index is 2760. The van der Waals surface area contributed by atoms with Crippen molar-refractivity contribution < 1.29 is 4.74 Å². The average Bonchev–Trinajstić information content (AvgIpc) is 3.22. The highest BCUT2D eigenvalue weighted by atomic mass is 16.5. The smallest absolute Gasteiger partial charge is 0.135 e. The van der Waals surface area contributed by atoms with Crippen molar-refractivity contribution in [2.75, 3.05) is 4.90 Å². The van der Waals surface area contributed by atoms with E-state index in [1.165, 1.54) is 32.8 Å². The lowest BCUT2D eigenvalue weighted by Gasteiger charge is -2.31. The molecular weight excluding hydrogens is 631 g/mol. The minimum absolute atomic E-state index is 0.890. The molecule has 244 valence electrons. The van der Waals surface area contributed by atoms with Crippen LogP contribution in [0.3, 0.4) is 0 Å². The molecule has 1 heterocycles. The molecule has 0 fully saturated rings. The van der Waals surface area contributed by atoms with Crippen LogP contribution in [0.25, 0.3) is 66.1 Å². The Morgan fingerprint density at radius 2 is 0.846 bits per heavy atom. The Morgan fingerprint density at radius 3 is 1.69 bits per heavy atom. The van der Waals surface area contributed by atoms with Gasteiger partial charge >= 0.3 is 0 Å². The summed E-state index contributed by atoms with van der Waals surface area (Å²) < 4.78 is 6.50. The van der Waals surface area contributed by atoms with Gasteiger partial charge in [0.05, 0.1) is 17.1 Å². The van der Waals surface area contributed by atoms with Crippen LogP contribution in [0.5, 0.6) is 11.5 Å². The summed E-state index contributed by atoms with van der Waals surface area (Å²) in [4.78, 5) is 2.46. The highest BCUT2D eigenvalue weighted by molar-refractivity contribution is 6.12. The van der Waals surface area contributed by atoms with Crippen LogP contribution in [-0.2, 0) is 0 Å². The van der Waals surface area contributed by atoms with E-state index < -0.39 is 0 Å². The summed E-state index contributed by atoms with van der Waals surface area (Å²) in [5.74, 6) is 1.78. The van der Waals surface area contributed by atoms with Gasteiger partial charge in [0.25, 0.3) is 0 Å². The van der Waals surface area contributed by atoms with Crippen LogP contribution in [0.1, 0.15) is 0 Å². The van der Waals surface area contributed by atoms with Crippen LogP contribution in [-0.4, -0.2) is 0 Å². The maximum absolute atomic E-state index is 6.50. The van der Waals surface area contributed by atoms with Gasteiger partial charge < -0.3 is 9.64 Å². The Kier molecular flexibility index (Phi) is 7.18. The Balaban J connectivity index is 1.21. The maximum atomic E-state index is 6.50. The molecule has 0 radical (unpaired) electrons. The third-order valence-corrected chi connectivity index (χ3v) is 10.3. The lowest BCUT2D eigenvalue weighted by Crippen LogP contribution is -2.13. The monoisotopic (exact) mass is 663 g/mol. The summed E-state index contributed by atoms with van der Waals surface area (Å²) in [6.07, 6.45) is 0. The average molecular weight is 664 g/mol. The summed E-state index contributed by atoms with van der Waals surface area (Å²) in [6.45, 7) is 0. The largest absolute Gasteiger partial charge is 0.456 e. The van der Waals surface area contributed by atoms with E-state index in [1.807, 2.05) is 6.07 Å². The summed E-state index contributed by atoms with van der Waals surface area (Å²) in [5.41, 5.74) is 12.7. The molecular formula is C50H33NO. The number of ether oxygens (including phenoxy) is 1. The Hall–Kier alpha value is -6.90. The lowest BCUT2D eigenvalue weighted by molar-refractivity contribution is 0.487. The zero-order chi connectivity index (χ0) is 34.4. The first-order chi connectivity index (χ1) is 25.8. The second kappa shape index (κ2) is 12.5. The summed E-state index contributed by atoms with van der Waals surface area (Å²) in [7, 11) is 0. The van der Waals surface area contributed by atoms with Crippen LogP contribution >= 0.6 is 0 Å². The molecule has 0 unspecified atom stereocenters. The number of benzene rings is 9. The molecule has 0 N–H and O–H groups in total. The molecule has 0 aliphatic carbocycles. The molecule has 10 rings (SSSR count). The third kappa shape index (κ3) is 4.96. The number of anilines is 3. The van der Waals surface area contributed by atoms with E-state index in [-0.39, 0.29) is 0 Å². The van der Waals surface area contributed by atoms with Crippen molar-refractivity contribution in [1.29, 1.82) is 0 Å². The molecule has 0 bridgehead atoms. The fourth-order valence-corrected chi connectivity index (χ4v) is 7.89. The molecule has 0 saturated carbocycles. The third-order valence-electron chi connectivity index (χ3n) is 10.3. The van der Waals surface area contributed by atoms with Crippen LogP contribution in [0.4, 0.5) is 17.1 Å². The van der Waals surface area contributed by atoms with Crippen LogP contribution in [0.2, 0.25) is 0 Å². The van der Waals surface area contributed by atoms with Gasteiger partial charge in [-0.2, -0.15) is 0 Å². The lowest BCUT2D eigenvalue weighted by atomic mass is 9.89. The second-order valence-electron chi connectivity index (χ2n) is 13.2. The van der Waals surface area contributed by atoms with Crippen LogP contribution < -0.4 is 9.64 Å². The predicted molar refractivity (Wildman–Crippen MR) is 218 cm³/mol. The van der Waals surface area contributed by atoms with E-state index in [4.69, 9.17) is 4.74 Å². The number of hydrogen-bond acceptors (Lipinski definition) is 2. The fraction of sp³-hybridized carbons (Fsp3) is 0. The normalized spacial score (nSPS) is 11.6. The van der Waals surface area contributed by atoms with Crippen molar-refractivity contribution in [2.24, 2.45) is 0 Å². The van der Waals surface area contributed by atoms with E-state index in [2.05, 4.69) is 199 Å². The number of fused-ring (bicyclic) bond motifs is 3. The van der Waals surface area contributed by atoms with Crippen molar-refractivity contribution in [3.63, 3.8) is 0 Å². The van der Waals surface area contributed by atoms with Gasteiger partial charge in [-0.25, -0.2) is 0 Å².